The van der Waals surface area contributed by atoms with Crippen LogP contribution in [0, 0.1) is 0 Å². The van der Waals surface area contributed by atoms with Gasteiger partial charge in [-0.05, 0) is 60.7 Å². The molecule has 0 aliphatic carbocycles. The lowest BCUT2D eigenvalue weighted by atomic mass is 10.2. The molecule has 32 heavy (non-hydrogen) atoms. The fourth-order valence-corrected chi connectivity index (χ4v) is 4.61. The third-order valence-corrected chi connectivity index (χ3v) is 6.79. The second kappa shape index (κ2) is 7.68. The van der Waals surface area contributed by atoms with Crippen LogP contribution in [0.25, 0.3) is 33.7 Å². The Kier molecular flexibility index (Phi) is 4.94. The van der Waals surface area contributed by atoms with Crippen LogP contribution in [0.15, 0.2) is 74.8 Å². The molecule has 2 N–H and O–H groups in total. The molecule has 0 atom stereocenters. The number of primary sulfonamides is 1. The van der Waals surface area contributed by atoms with Gasteiger partial charge >= 0.3 is 0 Å². The molecule has 3 heterocycles. The van der Waals surface area contributed by atoms with Crippen LogP contribution >= 0.6 is 22.9 Å². The van der Waals surface area contributed by atoms with Crippen molar-refractivity contribution in [3.8, 4) is 22.7 Å². The summed E-state index contributed by atoms with van der Waals surface area (Å²) in [7, 11) is -3.76. The number of benzene rings is 2. The first-order valence-electron chi connectivity index (χ1n) is 9.18. The standard InChI is InChI=1S/C21H13ClN4O4S2/c22-14-5-1-13(2-6-14)19-24-21-26(25-19)20(27)18(31-21)11-15-7-10-17(30-15)12-3-8-16(9-4-12)32(23,28)29/h1-11H,(H2,23,28,29). The van der Waals surface area contributed by atoms with Crippen LogP contribution in [0.3, 0.4) is 0 Å². The summed E-state index contributed by atoms with van der Waals surface area (Å²) in [6, 6.07) is 16.5. The Labute approximate surface area is 190 Å². The largest absolute Gasteiger partial charge is 0.457 e. The normalized spacial score (nSPS) is 12.6. The number of nitrogens with zero attached hydrogens (tertiary/aromatic N) is 3. The molecule has 2 aromatic carbocycles. The van der Waals surface area contributed by atoms with Gasteiger partial charge in [0.05, 0.1) is 4.90 Å². The Hall–Kier alpha value is -3.31. The highest BCUT2D eigenvalue weighted by atomic mass is 35.5. The molecule has 5 rings (SSSR count). The van der Waals surface area contributed by atoms with E-state index >= 15 is 0 Å². The summed E-state index contributed by atoms with van der Waals surface area (Å²) >= 11 is 7.11. The van der Waals surface area contributed by atoms with Crippen molar-refractivity contribution in [2.75, 3.05) is 0 Å². The highest BCUT2D eigenvalue weighted by Crippen LogP contribution is 2.24. The van der Waals surface area contributed by atoms with E-state index < -0.39 is 10.0 Å². The summed E-state index contributed by atoms with van der Waals surface area (Å²) in [5, 5.41) is 10.0. The maximum Gasteiger partial charge on any atom is 0.291 e. The first-order chi connectivity index (χ1) is 15.3. The molecule has 0 radical (unpaired) electrons. The van der Waals surface area contributed by atoms with E-state index in [4.69, 9.17) is 21.2 Å². The molecule has 0 fully saturated rings. The van der Waals surface area contributed by atoms with E-state index in [0.29, 0.717) is 37.4 Å². The molecule has 5 aromatic rings. The zero-order chi connectivity index (χ0) is 22.5. The van der Waals surface area contributed by atoms with E-state index in [-0.39, 0.29) is 10.5 Å². The number of rotatable bonds is 4. The molecule has 0 saturated heterocycles. The number of hydrogen-bond acceptors (Lipinski definition) is 7. The average Bonchev–Trinajstić information content (AvgIpc) is 3.46. The van der Waals surface area contributed by atoms with Gasteiger partial charge < -0.3 is 4.42 Å². The topological polar surface area (TPSA) is 121 Å². The lowest BCUT2D eigenvalue weighted by Crippen LogP contribution is -2.23. The predicted octanol–water partition coefficient (Wildman–Crippen LogP) is 2.93. The van der Waals surface area contributed by atoms with Crippen molar-refractivity contribution in [1.29, 1.82) is 0 Å². The van der Waals surface area contributed by atoms with Gasteiger partial charge in [-0.3, -0.25) is 4.79 Å². The van der Waals surface area contributed by atoms with Crippen LogP contribution in [0.2, 0.25) is 5.02 Å². The zero-order valence-corrected chi connectivity index (χ0v) is 18.5. The monoisotopic (exact) mass is 484 g/mol. The summed E-state index contributed by atoms with van der Waals surface area (Å²) in [5.74, 6) is 1.43. The van der Waals surface area contributed by atoms with Crippen LogP contribution in [0.4, 0.5) is 0 Å². The van der Waals surface area contributed by atoms with Gasteiger partial charge in [-0.15, -0.1) is 5.10 Å². The van der Waals surface area contributed by atoms with Gasteiger partial charge in [0, 0.05) is 22.2 Å². The second-order valence-electron chi connectivity index (χ2n) is 6.82. The molecule has 0 unspecified atom stereocenters. The molecule has 0 amide bonds. The second-order valence-corrected chi connectivity index (χ2v) is 9.83. The fraction of sp³-hybridized carbons (Fsp3) is 0. The molecule has 8 nitrogen and oxygen atoms in total. The minimum absolute atomic E-state index is 0.0167. The van der Waals surface area contributed by atoms with Crippen molar-refractivity contribution < 1.29 is 12.8 Å². The number of sulfonamides is 1. The van der Waals surface area contributed by atoms with Crippen molar-refractivity contribution in [3.05, 3.63) is 86.3 Å². The summed E-state index contributed by atoms with van der Waals surface area (Å²) in [4.78, 5) is 17.7. The Bertz CT molecular complexity index is 1670. The number of aromatic nitrogens is 3. The number of furan rings is 1. The van der Waals surface area contributed by atoms with Crippen LogP contribution in [0.1, 0.15) is 5.76 Å². The first kappa shape index (κ1) is 20.6. The van der Waals surface area contributed by atoms with Gasteiger partial charge in [0.1, 0.15) is 16.1 Å². The smallest absolute Gasteiger partial charge is 0.291 e. The van der Waals surface area contributed by atoms with Crippen LogP contribution < -0.4 is 15.2 Å². The summed E-state index contributed by atoms with van der Waals surface area (Å²) in [6.07, 6.45) is 1.62. The highest BCUT2D eigenvalue weighted by Gasteiger charge is 2.13. The van der Waals surface area contributed by atoms with Crippen LogP contribution in [0.5, 0.6) is 0 Å². The van der Waals surface area contributed by atoms with Gasteiger partial charge in [-0.25, -0.2) is 13.6 Å². The minimum Gasteiger partial charge on any atom is -0.457 e. The van der Waals surface area contributed by atoms with Gasteiger partial charge in [-0.1, -0.05) is 22.9 Å². The Morgan fingerprint density at radius 1 is 1.00 bits per heavy atom. The molecule has 0 spiro atoms. The number of thiazole rings is 1. The number of fused-ring (bicyclic) bond motifs is 1. The van der Waals surface area contributed by atoms with E-state index in [9.17, 15) is 13.2 Å². The van der Waals surface area contributed by atoms with Gasteiger partial charge in [0.15, 0.2) is 5.82 Å². The number of halogens is 1. The Morgan fingerprint density at radius 3 is 2.34 bits per heavy atom. The van der Waals surface area contributed by atoms with Crippen molar-refractivity contribution in [2.24, 2.45) is 5.14 Å². The molecule has 11 heteroatoms. The molecular formula is C21H13ClN4O4S2. The molecule has 160 valence electrons. The minimum atomic E-state index is -3.76. The third kappa shape index (κ3) is 3.84. The average molecular weight is 485 g/mol. The van der Waals surface area contributed by atoms with Crippen molar-refractivity contribution in [2.45, 2.75) is 4.90 Å². The lowest BCUT2D eigenvalue weighted by Gasteiger charge is -2.00. The maximum absolute atomic E-state index is 12.7. The summed E-state index contributed by atoms with van der Waals surface area (Å²) in [5.41, 5.74) is 1.14. The van der Waals surface area contributed by atoms with Crippen LogP contribution in [-0.2, 0) is 10.0 Å². The maximum atomic E-state index is 12.7. The quantitative estimate of drug-likeness (QED) is 0.418. The zero-order valence-electron chi connectivity index (χ0n) is 16.1. The first-order valence-corrected chi connectivity index (χ1v) is 11.9. The van der Waals surface area contributed by atoms with Gasteiger partial charge in [-0.2, -0.15) is 9.50 Å². The lowest BCUT2D eigenvalue weighted by molar-refractivity contribution is 0.571. The molecule has 0 aliphatic rings. The molecule has 0 aliphatic heterocycles. The van der Waals surface area contributed by atoms with Crippen molar-refractivity contribution in [1.82, 2.24) is 14.6 Å². The van der Waals surface area contributed by atoms with Gasteiger partial charge in [0.25, 0.3) is 5.56 Å². The fourth-order valence-electron chi connectivity index (χ4n) is 3.08. The summed E-state index contributed by atoms with van der Waals surface area (Å²) in [6.45, 7) is 0. The molecule has 3 aromatic heterocycles. The number of nitrogens with two attached hydrogens (primary N) is 1. The van der Waals surface area contributed by atoms with Crippen molar-refractivity contribution >= 4 is 44.0 Å². The molecule has 0 bridgehead atoms. The Balaban J connectivity index is 1.46. The van der Waals surface area contributed by atoms with E-state index in [1.165, 1.54) is 28.0 Å². The SMILES string of the molecule is NS(=O)(=O)c1ccc(-c2ccc(C=c3sc4nc(-c5ccc(Cl)cc5)nn4c3=O)o2)cc1. The third-order valence-electron chi connectivity index (χ3n) is 4.65. The van der Waals surface area contributed by atoms with Crippen LogP contribution in [-0.4, -0.2) is 23.0 Å². The molecular weight excluding hydrogens is 472 g/mol. The van der Waals surface area contributed by atoms with Crippen molar-refractivity contribution in [3.63, 3.8) is 0 Å². The Morgan fingerprint density at radius 2 is 1.69 bits per heavy atom. The number of hydrogen-bond donors (Lipinski definition) is 1. The van der Waals surface area contributed by atoms with E-state index in [1.807, 2.05) is 0 Å². The summed E-state index contributed by atoms with van der Waals surface area (Å²) < 4.78 is 30.3. The van der Waals surface area contributed by atoms with E-state index in [0.717, 1.165) is 5.56 Å². The van der Waals surface area contributed by atoms with Gasteiger partial charge in [0.2, 0.25) is 15.0 Å². The highest BCUT2D eigenvalue weighted by molar-refractivity contribution is 7.89. The van der Waals surface area contributed by atoms with E-state index in [2.05, 4.69) is 10.1 Å². The predicted molar refractivity (Wildman–Crippen MR) is 122 cm³/mol. The molecule has 0 saturated carbocycles. The van der Waals surface area contributed by atoms with E-state index in [1.54, 1.807) is 54.6 Å².